The second kappa shape index (κ2) is 13.0. The number of hydrogen-bond acceptors (Lipinski definition) is 8. The molecule has 0 aromatic heterocycles. The second-order valence-corrected chi connectivity index (χ2v) is 12.8. The van der Waals surface area contributed by atoms with Gasteiger partial charge >= 0.3 is 0 Å². The Labute approximate surface area is 236 Å². The van der Waals surface area contributed by atoms with E-state index in [1.165, 1.54) is 29.1 Å². The van der Waals surface area contributed by atoms with Crippen LogP contribution in [0, 0.1) is 0 Å². The van der Waals surface area contributed by atoms with Crippen LogP contribution in [0.4, 0.5) is 0 Å². The van der Waals surface area contributed by atoms with Gasteiger partial charge in [-0.1, -0.05) is 30.3 Å². The fourth-order valence-electron chi connectivity index (χ4n) is 5.88. The summed E-state index contributed by atoms with van der Waals surface area (Å²) in [4.78, 5) is 15.4. The van der Waals surface area contributed by atoms with Crippen LogP contribution < -0.4 is 10.1 Å². The summed E-state index contributed by atoms with van der Waals surface area (Å²) in [6.07, 6.45) is 0.328. The van der Waals surface area contributed by atoms with Gasteiger partial charge in [-0.2, -0.15) is 4.31 Å². The van der Waals surface area contributed by atoms with Crippen LogP contribution in [0.1, 0.15) is 31.2 Å². The molecule has 2 aromatic rings. The highest BCUT2D eigenvalue weighted by atomic mass is 32.2. The number of ether oxygens (including phenoxy) is 3. The molecule has 3 saturated heterocycles. The summed E-state index contributed by atoms with van der Waals surface area (Å²) in [5.74, 6) is 0.501. The van der Waals surface area contributed by atoms with Gasteiger partial charge in [0.05, 0.1) is 56.0 Å². The number of carbonyl (C=O) groups is 1. The Hall–Kier alpha value is -2.54. The monoisotopic (exact) mass is 573 g/mol. The van der Waals surface area contributed by atoms with Gasteiger partial charge in [0.25, 0.3) is 0 Å². The molecule has 2 N–H and O–H groups in total. The highest BCUT2D eigenvalue weighted by molar-refractivity contribution is 7.89. The second-order valence-electron chi connectivity index (χ2n) is 10.9. The van der Waals surface area contributed by atoms with Crippen molar-refractivity contribution in [2.45, 2.75) is 67.5 Å². The van der Waals surface area contributed by atoms with Gasteiger partial charge in [0.2, 0.25) is 15.9 Å². The van der Waals surface area contributed by atoms with E-state index >= 15 is 0 Å². The summed E-state index contributed by atoms with van der Waals surface area (Å²) >= 11 is 0. The highest BCUT2D eigenvalue weighted by Crippen LogP contribution is 2.32. The zero-order valence-corrected chi connectivity index (χ0v) is 23.7. The Morgan fingerprint density at radius 2 is 1.82 bits per heavy atom. The number of benzene rings is 2. The maximum absolute atomic E-state index is 13.7. The molecule has 3 aliphatic heterocycles. The summed E-state index contributed by atoms with van der Waals surface area (Å²) in [7, 11) is -2.39. The Bertz CT molecular complexity index is 1230. The normalized spacial score (nSPS) is 28.3. The molecule has 3 heterocycles. The molecule has 3 fully saturated rings. The molecule has 0 saturated carbocycles. The Morgan fingerprint density at radius 3 is 2.58 bits per heavy atom. The van der Waals surface area contributed by atoms with Crippen molar-refractivity contribution in [2.75, 3.05) is 40.0 Å². The molecule has 0 aliphatic carbocycles. The zero-order valence-electron chi connectivity index (χ0n) is 22.9. The van der Waals surface area contributed by atoms with Crippen molar-refractivity contribution in [3.63, 3.8) is 0 Å². The standard InChI is InChI=1S/C29H39N3O7S/c1-37-24-7-10-26(11-8-24)40(35,36)32-18-23(33)19-38-20-28-27(32)12-9-25(39-28)15-29(34)30-22-13-14-31(17-22)16-21-5-3-2-4-6-21/h2-8,10-11,22-23,25,27-28,33H,9,12-20H2,1H3,(H,30,34)/t22-,23+,25-,27+,28-/m0/s1. The molecule has 0 unspecified atom stereocenters. The van der Waals surface area contributed by atoms with E-state index in [1.54, 1.807) is 12.1 Å². The van der Waals surface area contributed by atoms with Crippen molar-refractivity contribution < 1.29 is 32.5 Å². The molecule has 0 spiro atoms. The number of carbonyl (C=O) groups excluding carboxylic acids is 1. The van der Waals surface area contributed by atoms with Crippen molar-refractivity contribution in [1.82, 2.24) is 14.5 Å². The van der Waals surface area contributed by atoms with Crippen molar-refractivity contribution in [3.05, 3.63) is 60.2 Å². The molecule has 10 nitrogen and oxygen atoms in total. The Morgan fingerprint density at radius 1 is 1.05 bits per heavy atom. The number of likely N-dealkylation sites (tertiary alicyclic amines) is 1. The molecule has 11 heteroatoms. The number of amides is 1. The van der Waals surface area contributed by atoms with E-state index in [-0.39, 0.29) is 49.1 Å². The molecular formula is C29H39N3O7S. The third kappa shape index (κ3) is 7.02. The van der Waals surface area contributed by atoms with E-state index in [9.17, 15) is 18.3 Å². The maximum Gasteiger partial charge on any atom is 0.243 e. The molecular weight excluding hydrogens is 534 g/mol. The summed E-state index contributed by atoms with van der Waals surface area (Å²) in [5, 5.41) is 13.6. The lowest BCUT2D eigenvalue weighted by Crippen LogP contribution is -2.57. The summed E-state index contributed by atoms with van der Waals surface area (Å²) in [6, 6.07) is 16.1. The number of aliphatic hydroxyl groups is 1. The zero-order chi connectivity index (χ0) is 28.1. The van der Waals surface area contributed by atoms with Crippen LogP contribution >= 0.6 is 0 Å². The van der Waals surface area contributed by atoms with Crippen LogP contribution in [0.15, 0.2) is 59.5 Å². The van der Waals surface area contributed by atoms with Crippen LogP contribution in [0.3, 0.4) is 0 Å². The first-order chi connectivity index (χ1) is 19.3. The Kier molecular flexibility index (Phi) is 9.39. The smallest absolute Gasteiger partial charge is 0.243 e. The lowest BCUT2D eigenvalue weighted by Gasteiger charge is -2.43. The van der Waals surface area contributed by atoms with E-state index in [0.29, 0.717) is 18.6 Å². The van der Waals surface area contributed by atoms with Crippen LogP contribution in [0.5, 0.6) is 5.75 Å². The molecule has 0 bridgehead atoms. The van der Waals surface area contributed by atoms with Crippen LogP contribution in [-0.4, -0.2) is 99.0 Å². The summed E-state index contributed by atoms with van der Waals surface area (Å²) < 4.78 is 45.8. The summed E-state index contributed by atoms with van der Waals surface area (Å²) in [6.45, 7) is 2.67. The predicted octanol–water partition coefficient (Wildman–Crippen LogP) is 1.77. The quantitative estimate of drug-likeness (QED) is 0.491. The van der Waals surface area contributed by atoms with Crippen molar-refractivity contribution in [3.8, 4) is 5.75 Å². The van der Waals surface area contributed by atoms with Gasteiger partial charge < -0.3 is 24.6 Å². The number of hydrogen-bond donors (Lipinski definition) is 2. The number of fused-ring (bicyclic) bond motifs is 1. The Balaban J connectivity index is 1.18. The van der Waals surface area contributed by atoms with E-state index in [4.69, 9.17) is 14.2 Å². The third-order valence-corrected chi connectivity index (χ3v) is 9.80. The van der Waals surface area contributed by atoms with E-state index in [2.05, 4.69) is 22.3 Å². The van der Waals surface area contributed by atoms with Gasteiger partial charge in [0, 0.05) is 32.2 Å². The minimum Gasteiger partial charge on any atom is -0.497 e. The van der Waals surface area contributed by atoms with E-state index in [1.807, 2.05) is 18.2 Å². The number of nitrogens with one attached hydrogen (secondary N) is 1. The fourth-order valence-corrected chi connectivity index (χ4v) is 7.60. The summed E-state index contributed by atoms with van der Waals surface area (Å²) in [5.41, 5.74) is 1.26. The van der Waals surface area contributed by atoms with Crippen molar-refractivity contribution in [2.24, 2.45) is 0 Å². The number of β-amino-alcohol motifs (C(OH)–C–C–N with tert-alkyl or cyclic N) is 1. The minimum absolute atomic E-state index is 0.00747. The average Bonchev–Trinajstić information content (AvgIpc) is 3.37. The van der Waals surface area contributed by atoms with E-state index < -0.39 is 28.3 Å². The lowest BCUT2D eigenvalue weighted by molar-refractivity contribution is -0.146. The SMILES string of the molecule is COc1ccc(S(=O)(=O)N2C[C@@H](O)COC[C@@H]3O[C@H](CC(=O)N[C@H]4CCN(Cc5ccccc5)C4)CC[C@H]32)cc1. The molecule has 218 valence electrons. The van der Waals surface area contributed by atoms with Gasteiger partial charge in [-0.3, -0.25) is 9.69 Å². The third-order valence-electron chi connectivity index (χ3n) is 7.90. The van der Waals surface area contributed by atoms with Crippen LogP contribution in [0.25, 0.3) is 0 Å². The van der Waals surface area contributed by atoms with Gasteiger partial charge in [-0.05, 0) is 49.1 Å². The molecule has 0 radical (unpaired) electrons. The topological polar surface area (TPSA) is 118 Å². The lowest BCUT2D eigenvalue weighted by atomic mass is 9.96. The molecule has 5 atom stereocenters. The largest absolute Gasteiger partial charge is 0.497 e. The number of methoxy groups -OCH3 is 1. The first-order valence-corrected chi connectivity index (χ1v) is 15.4. The van der Waals surface area contributed by atoms with Gasteiger partial charge in [0.1, 0.15) is 5.75 Å². The molecule has 5 rings (SSSR count). The van der Waals surface area contributed by atoms with Crippen molar-refractivity contribution in [1.29, 1.82) is 0 Å². The van der Waals surface area contributed by atoms with Crippen LogP contribution in [0.2, 0.25) is 0 Å². The maximum atomic E-state index is 13.7. The molecule has 2 aromatic carbocycles. The highest BCUT2D eigenvalue weighted by Gasteiger charge is 2.43. The first-order valence-electron chi connectivity index (χ1n) is 13.9. The van der Waals surface area contributed by atoms with Gasteiger partial charge in [-0.15, -0.1) is 0 Å². The average molecular weight is 574 g/mol. The molecule has 40 heavy (non-hydrogen) atoms. The van der Waals surface area contributed by atoms with Crippen molar-refractivity contribution >= 4 is 15.9 Å². The van der Waals surface area contributed by atoms with E-state index in [0.717, 1.165) is 26.1 Å². The number of nitrogens with zero attached hydrogens (tertiary/aromatic N) is 2. The molecule has 1 amide bonds. The van der Waals surface area contributed by atoms with Gasteiger partial charge in [0.15, 0.2) is 0 Å². The number of rotatable bonds is 8. The first kappa shape index (κ1) is 29.0. The van der Waals surface area contributed by atoms with Crippen LogP contribution in [-0.2, 0) is 30.8 Å². The molecule has 3 aliphatic rings. The predicted molar refractivity (Wildman–Crippen MR) is 148 cm³/mol. The fraction of sp³-hybridized carbons (Fsp3) is 0.552. The number of aliphatic hydroxyl groups excluding tert-OH is 1. The number of sulfonamides is 1. The minimum atomic E-state index is -3.92. The van der Waals surface area contributed by atoms with Gasteiger partial charge in [-0.25, -0.2) is 8.42 Å².